The molecule has 0 radical (unpaired) electrons. The first kappa shape index (κ1) is 6.71. The molecule has 52 valence electrons. The van der Waals surface area contributed by atoms with Crippen molar-refractivity contribution < 1.29 is 14.6 Å². The van der Waals surface area contributed by atoms with Crippen molar-refractivity contribution in [2.45, 2.75) is 18.9 Å². The van der Waals surface area contributed by atoms with E-state index in [-0.39, 0.29) is 25.1 Å². The third kappa shape index (κ3) is 1.77. The molecule has 0 unspecified atom stereocenters. The summed E-state index contributed by atoms with van der Waals surface area (Å²) in [5.74, 6) is 0.139. The molecular formula is C6H10O3. The van der Waals surface area contributed by atoms with E-state index in [2.05, 4.69) is 0 Å². The van der Waals surface area contributed by atoms with E-state index in [9.17, 15) is 4.79 Å². The van der Waals surface area contributed by atoms with E-state index in [1.165, 1.54) is 0 Å². The van der Waals surface area contributed by atoms with Crippen LogP contribution < -0.4 is 0 Å². The normalized spacial score (nSPS) is 28.6. The second-order valence-electron chi connectivity index (χ2n) is 2.19. The minimum Gasteiger partial charge on any atom is -0.394 e. The van der Waals surface area contributed by atoms with Gasteiger partial charge in [-0.1, -0.05) is 0 Å². The van der Waals surface area contributed by atoms with Crippen molar-refractivity contribution in [3.05, 3.63) is 0 Å². The van der Waals surface area contributed by atoms with Crippen LogP contribution in [0.5, 0.6) is 0 Å². The quantitative estimate of drug-likeness (QED) is 0.531. The van der Waals surface area contributed by atoms with Gasteiger partial charge in [0.05, 0.1) is 12.7 Å². The summed E-state index contributed by atoms with van der Waals surface area (Å²) in [5.41, 5.74) is 0. The number of carbonyl (C=O) groups excluding carboxylic acids is 1. The molecule has 0 aromatic heterocycles. The van der Waals surface area contributed by atoms with Gasteiger partial charge < -0.3 is 9.84 Å². The molecule has 0 amide bonds. The lowest BCUT2D eigenvalue weighted by Gasteiger charge is -2.18. The fourth-order valence-electron chi connectivity index (χ4n) is 0.832. The van der Waals surface area contributed by atoms with Crippen LogP contribution in [0.1, 0.15) is 12.8 Å². The van der Waals surface area contributed by atoms with E-state index in [1.54, 1.807) is 0 Å². The van der Waals surface area contributed by atoms with Gasteiger partial charge >= 0.3 is 0 Å². The van der Waals surface area contributed by atoms with Crippen molar-refractivity contribution >= 4 is 5.78 Å². The maximum absolute atomic E-state index is 10.5. The van der Waals surface area contributed by atoms with Gasteiger partial charge in [-0.05, 0) is 6.42 Å². The fourth-order valence-corrected chi connectivity index (χ4v) is 0.832. The van der Waals surface area contributed by atoms with Crippen molar-refractivity contribution in [2.75, 3.05) is 13.2 Å². The van der Waals surface area contributed by atoms with Gasteiger partial charge in [0.25, 0.3) is 0 Å². The van der Waals surface area contributed by atoms with Crippen LogP contribution in [0.15, 0.2) is 0 Å². The maximum atomic E-state index is 10.5. The molecule has 1 rings (SSSR count). The maximum Gasteiger partial charge on any atom is 0.158 e. The van der Waals surface area contributed by atoms with Crippen LogP contribution in [0, 0.1) is 0 Å². The average Bonchev–Trinajstić information content (AvgIpc) is 1.90. The van der Waals surface area contributed by atoms with Crippen LogP contribution in [-0.4, -0.2) is 30.2 Å². The molecule has 0 aromatic carbocycles. The highest BCUT2D eigenvalue weighted by molar-refractivity contribution is 5.80. The first-order valence-corrected chi connectivity index (χ1v) is 3.07. The van der Waals surface area contributed by atoms with Crippen LogP contribution in [0.3, 0.4) is 0 Å². The lowest BCUT2D eigenvalue weighted by Crippen LogP contribution is -2.28. The molecule has 1 aliphatic heterocycles. The summed E-state index contributed by atoms with van der Waals surface area (Å²) in [7, 11) is 0. The van der Waals surface area contributed by atoms with Gasteiger partial charge in [-0.3, -0.25) is 4.79 Å². The van der Waals surface area contributed by atoms with Crippen LogP contribution in [-0.2, 0) is 9.53 Å². The lowest BCUT2D eigenvalue weighted by atomic mass is 10.1. The minimum atomic E-state index is -0.0947. The highest BCUT2D eigenvalue weighted by atomic mass is 16.5. The second-order valence-corrected chi connectivity index (χ2v) is 2.19. The second kappa shape index (κ2) is 2.94. The van der Waals surface area contributed by atoms with Gasteiger partial charge in [-0.2, -0.15) is 0 Å². The SMILES string of the molecule is O=C1CC[C@@H](CO)OC1. The van der Waals surface area contributed by atoms with Gasteiger partial charge in [0, 0.05) is 6.42 Å². The van der Waals surface area contributed by atoms with Crippen molar-refractivity contribution in [3.63, 3.8) is 0 Å². The summed E-state index contributed by atoms with van der Waals surface area (Å²) in [6.45, 7) is 0.221. The Morgan fingerprint density at radius 1 is 1.78 bits per heavy atom. The summed E-state index contributed by atoms with van der Waals surface area (Å²) in [6, 6.07) is 0. The minimum absolute atomic E-state index is 0.0350. The van der Waals surface area contributed by atoms with Crippen molar-refractivity contribution in [3.8, 4) is 0 Å². The summed E-state index contributed by atoms with van der Waals surface area (Å²) in [6.07, 6.45) is 1.14. The number of hydrogen-bond acceptors (Lipinski definition) is 3. The highest BCUT2D eigenvalue weighted by Gasteiger charge is 2.17. The molecule has 1 N–H and O–H groups in total. The topological polar surface area (TPSA) is 46.5 Å². The zero-order valence-corrected chi connectivity index (χ0v) is 5.17. The van der Waals surface area contributed by atoms with Gasteiger partial charge in [-0.25, -0.2) is 0 Å². The molecule has 9 heavy (non-hydrogen) atoms. The molecule has 0 aliphatic carbocycles. The Morgan fingerprint density at radius 3 is 3.00 bits per heavy atom. The largest absolute Gasteiger partial charge is 0.394 e. The number of Topliss-reactive ketones (excluding diaryl/α,β-unsaturated/α-hetero) is 1. The Kier molecular flexibility index (Phi) is 2.19. The Hall–Kier alpha value is -0.410. The van der Waals surface area contributed by atoms with E-state index in [1.807, 2.05) is 0 Å². The first-order valence-electron chi connectivity index (χ1n) is 3.07. The monoisotopic (exact) mass is 130 g/mol. The number of aliphatic hydroxyl groups is 1. The Bertz CT molecular complexity index is 101. The van der Waals surface area contributed by atoms with Gasteiger partial charge in [0.15, 0.2) is 5.78 Å². The molecule has 0 spiro atoms. The van der Waals surface area contributed by atoms with Gasteiger partial charge in [0.2, 0.25) is 0 Å². The molecule has 0 saturated carbocycles. The predicted molar refractivity (Wildman–Crippen MR) is 31.1 cm³/mol. The Labute approximate surface area is 53.6 Å². The highest BCUT2D eigenvalue weighted by Crippen LogP contribution is 2.08. The molecule has 1 fully saturated rings. The summed E-state index contributed by atoms with van der Waals surface area (Å²) < 4.78 is 4.94. The standard InChI is InChI=1S/C6H10O3/c7-3-6-2-1-5(8)4-9-6/h6-7H,1-4H2/t6-/m0/s1. The van der Waals surface area contributed by atoms with Gasteiger partial charge in [-0.15, -0.1) is 0 Å². The molecule has 0 bridgehead atoms. The summed E-state index contributed by atoms with van der Waals surface area (Å²) in [5, 5.41) is 8.54. The number of carbonyl (C=O) groups is 1. The first-order chi connectivity index (χ1) is 4.33. The molecular weight excluding hydrogens is 120 g/mol. The zero-order valence-electron chi connectivity index (χ0n) is 5.17. The molecule has 1 aliphatic rings. The Balaban J connectivity index is 2.26. The van der Waals surface area contributed by atoms with Crippen LogP contribution in [0.25, 0.3) is 0 Å². The number of aliphatic hydroxyl groups excluding tert-OH is 1. The van der Waals surface area contributed by atoms with Crippen LogP contribution in [0.2, 0.25) is 0 Å². The van der Waals surface area contributed by atoms with Crippen LogP contribution in [0.4, 0.5) is 0 Å². The molecule has 1 atom stereocenters. The molecule has 0 aromatic rings. The van der Waals surface area contributed by atoms with E-state index in [0.29, 0.717) is 12.8 Å². The zero-order chi connectivity index (χ0) is 6.69. The smallest absolute Gasteiger partial charge is 0.158 e. The Morgan fingerprint density at radius 2 is 2.56 bits per heavy atom. The van der Waals surface area contributed by atoms with E-state index >= 15 is 0 Å². The molecule has 1 saturated heterocycles. The fraction of sp³-hybridized carbons (Fsp3) is 0.833. The number of ketones is 1. The van der Waals surface area contributed by atoms with E-state index < -0.39 is 0 Å². The summed E-state index contributed by atoms with van der Waals surface area (Å²) >= 11 is 0. The molecule has 3 heteroatoms. The van der Waals surface area contributed by atoms with Crippen molar-refractivity contribution in [2.24, 2.45) is 0 Å². The van der Waals surface area contributed by atoms with Crippen molar-refractivity contribution in [1.29, 1.82) is 0 Å². The number of hydrogen-bond donors (Lipinski definition) is 1. The van der Waals surface area contributed by atoms with Crippen molar-refractivity contribution in [1.82, 2.24) is 0 Å². The number of rotatable bonds is 1. The third-order valence-corrected chi connectivity index (χ3v) is 1.43. The average molecular weight is 130 g/mol. The van der Waals surface area contributed by atoms with Gasteiger partial charge in [0.1, 0.15) is 6.61 Å². The predicted octanol–water partition coefficient (Wildman–Crippen LogP) is -0.273. The third-order valence-electron chi connectivity index (χ3n) is 1.43. The summed E-state index contributed by atoms with van der Waals surface area (Å²) in [4.78, 5) is 10.5. The van der Waals surface area contributed by atoms with Crippen LogP contribution >= 0.6 is 0 Å². The van der Waals surface area contributed by atoms with E-state index in [0.717, 1.165) is 0 Å². The number of ether oxygens (including phenoxy) is 1. The lowest BCUT2D eigenvalue weighted by molar-refractivity contribution is -0.132. The molecule has 1 heterocycles. The van der Waals surface area contributed by atoms with E-state index in [4.69, 9.17) is 9.84 Å². The molecule has 3 nitrogen and oxygen atoms in total.